The molecule has 164 valence electrons. The van der Waals surface area contributed by atoms with Gasteiger partial charge in [0, 0.05) is 31.4 Å². The zero-order chi connectivity index (χ0) is 22.2. The van der Waals surface area contributed by atoms with Crippen molar-refractivity contribution >= 4 is 11.7 Å². The lowest BCUT2D eigenvalue weighted by molar-refractivity contribution is 0.0695. The van der Waals surface area contributed by atoms with Gasteiger partial charge in [0.25, 0.3) is 5.56 Å². The molecule has 1 aliphatic heterocycles. The topological polar surface area (TPSA) is 85.4 Å². The van der Waals surface area contributed by atoms with Crippen LogP contribution in [0.2, 0.25) is 0 Å². The van der Waals surface area contributed by atoms with Crippen LogP contribution in [0.1, 0.15) is 28.4 Å². The number of nitrogens with one attached hydrogen (secondary N) is 2. The number of fused-ring (bicyclic) bond motifs is 1. The van der Waals surface area contributed by atoms with Gasteiger partial charge in [0.1, 0.15) is 5.56 Å². The number of carbonyl (C=O) groups is 1. The van der Waals surface area contributed by atoms with E-state index in [2.05, 4.69) is 51.6 Å². The van der Waals surface area contributed by atoms with Gasteiger partial charge >= 0.3 is 5.97 Å². The summed E-state index contributed by atoms with van der Waals surface area (Å²) in [7, 11) is 0. The average molecular weight is 430 g/mol. The molecule has 3 aromatic rings. The van der Waals surface area contributed by atoms with Gasteiger partial charge in [0.05, 0.1) is 5.69 Å². The molecule has 32 heavy (non-hydrogen) atoms. The Hall–Kier alpha value is -3.38. The Bertz CT molecular complexity index is 1180. The number of aromatic nitrogens is 1. The Morgan fingerprint density at radius 1 is 1.09 bits per heavy atom. The number of nitrogens with zero attached hydrogens (tertiary/aromatic N) is 1. The summed E-state index contributed by atoms with van der Waals surface area (Å²) in [6.07, 6.45) is 0.640. The van der Waals surface area contributed by atoms with Crippen molar-refractivity contribution in [2.75, 3.05) is 18.0 Å². The van der Waals surface area contributed by atoms with Gasteiger partial charge in [-0.05, 0) is 53.1 Å². The summed E-state index contributed by atoms with van der Waals surface area (Å²) in [6, 6.07) is 20.8. The van der Waals surface area contributed by atoms with Crippen molar-refractivity contribution in [3.8, 4) is 11.3 Å². The van der Waals surface area contributed by atoms with Crippen molar-refractivity contribution in [2.24, 2.45) is 11.8 Å². The molecule has 6 heteroatoms. The van der Waals surface area contributed by atoms with Gasteiger partial charge in [-0.2, -0.15) is 0 Å². The molecule has 0 spiro atoms. The molecule has 0 unspecified atom stereocenters. The standard InChI is InChI=1S/C26H27N3O3/c1-2-17-12-20(26(31)32)25(30)28-23(17)18-8-10-19(11-9-18)29-14-21-22(15-29)24(21)27-13-16-6-4-3-5-7-16/h3-12,21-22,24,27H,2,13-15H2,1H3,(H,28,30)(H,31,32)/t21-,22+,24+. The second-order valence-corrected chi connectivity index (χ2v) is 8.74. The summed E-state index contributed by atoms with van der Waals surface area (Å²) in [5.74, 6) is 0.196. The molecular weight excluding hydrogens is 402 g/mol. The maximum atomic E-state index is 12.2. The fourth-order valence-electron chi connectivity index (χ4n) is 4.98. The van der Waals surface area contributed by atoms with E-state index in [9.17, 15) is 14.7 Å². The van der Waals surface area contributed by atoms with Gasteiger partial charge in [0.2, 0.25) is 0 Å². The molecule has 3 N–H and O–H groups in total. The number of aromatic carboxylic acids is 1. The zero-order valence-electron chi connectivity index (χ0n) is 18.0. The summed E-state index contributed by atoms with van der Waals surface area (Å²) >= 11 is 0. The van der Waals surface area contributed by atoms with Crippen LogP contribution in [0.3, 0.4) is 0 Å². The predicted octanol–water partition coefficient (Wildman–Crippen LogP) is 3.53. The van der Waals surface area contributed by atoms with Crippen LogP contribution in [0.15, 0.2) is 65.5 Å². The van der Waals surface area contributed by atoms with Crippen molar-refractivity contribution in [3.05, 3.63) is 87.7 Å². The second kappa shape index (κ2) is 8.28. The number of H-pyrrole nitrogens is 1. The molecule has 0 amide bonds. The van der Waals surface area contributed by atoms with E-state index in [1.807, 2.05) is 25.1 Å². The van der Waals surface area contributed by atoms with Crippen LogP contribution < -0.4 is 15.8 Å². The van der Waals surface area contributed by atoms with E-state index in [1.165, 1.54) is 17.3 Å². The first-order valence-electron chi connectivity index (χ1n) is 11.2. The molecule has 2 aromatic carbocycles. The quantitative estimate of drug-likeness (QED) is 0.535. The minimum atomic E-state index is -1.20. The molecule has 0 bridgehead atoms. The van der Waals surface area contributed by atoms with E-state index in [4.69, 9.17) is 0 Å². The van der Waals surface area contributed by atoms with E-state index in [0.717, 1.165) is 30.8 Å². The summed E-state index contributed by atoms with van der Waals surface area (Å²) in [5.41, 5.74) is 4.15. The third-order valence-electron chi connectivity index (χ3n) is 6.83. The van der Waals surface area contributed by atoms with E-state index in [-0.39, 0.29) is 5.56 Å². The van der Waals surface area contributed by atoms with E-state index in [0.29, 0.717) is 30.0 Å². The first-order valence-corrected chi connectivity index (χ1v) is 11.2. The van der Waals surface area contributed by atoms with Crippen molar-refractivity contribution < 1.29 is 9.90 Å². The Labute approximate surface area is 186 Å². The molecule has 1 saturated heterocycles. The minimum Gasteiger partial charge on any atom is -0.477 e. The summed E-state index contributed by atoms with van der Waals surface area (Å²) < 4.78 is 0. The Kier molecular flexibility index (Phi) is 5.31. The average Bonchev–Trinajstić information content (AvgIpc) is 3.26. The molecule has 0 radical (unpaired) electrons. The van der Waals surface area contributed by atoms with Gasteiger partial charge < -0.3 is 20.3 Å². The number of aryl methyl sites for hydroxylation is 1. The number of carboxylic acids is 1. The van der Waals surface area contributed by atoms with Crippen LogP contribution in [0.5, 0.6) is 0 Å². The van der Waals surface area contributed by atoms with Crippen LogP contribution in [0, 0.1) is 11.8 Å². The van der Waals surface area contributed by atoms with Crippen molar-refractivity contribution in [1.82, 2.24) is 10.3 Å². The highest BCUT2D eigenvalue weighted by atomic mass is 16.4. The normalized spacial score (nSPS) is 21.4. The second-order valence-electron chi connectivity index (χ2n) is 8.74. The first kappa shape index (κ1) is 20.5. The third-order valence-corrected chi connectivity index (χ3v) is 6.83. The number of hydrogen-bond acceptors (Lipinski definition) is 4. The summed E-state index contributed by atoms with van der Waals surface area (Å²) in [6.45, 7) is 4.99. The summed E-state index contributed by atoms with van der Waals surface area (Å²) in [5, 5.41) is 12.9. The Morgan fingerprint density at radius 2 is 1.78 bits per heavy atom. The van der Waals surface area contributed by atoms with Crippen molar-refractivity contribution in [3.63, 3.8) is 0 Å². The fraction of sp³-hybridized carbons (Fsp3) is 0.308. The Balaban J connectivity index is 1.24. The van der Waals surface area contributed by atoms with Crippen molar-refractivity contribution in [1.29, 1.82) is 0 Å². The maximum Gasteiger partial charge on any atom is 0.341 e. The number of piperidine rings is 1. The Morgan fingerprint density at radius 3 is 2.41 bits per heavy atom. The molecule has 1 aliphatic carbocycles. The third kappa shape index (κ3) is 3.82. The number of benzene rings is 2. The van der Waals surface area contributed by atoms with E-state index < -0.39 is 11.5 Å². The van der Waals surface area contributed by atoms with Gasteiger partial charge in [-0.25, -0.2) is 4.79 Å². The lowest BCUT2D eigenvalue weighted by atomic mass is 10.0. The fourth-order valence-corrected chi connectivity index (χ4v) is 4.98. The highest BCUT2D eigenvalue weighted by Gasteiger charge is 2.55. The van der Waals surface area contributed by atoms with Crippen LogP contribution in [-0.2, 0) is 13.0 Å². The smallest absolute Gasteiger partial charge is 0.341 e. The maximum absolute atomic E-state index is 12.2. The number of aromatic amines is 1. The molecule has 1 aromatic heterocycles. The van der Waals surface area contributed by atoms with Crippen LogP contribution in [-0.4, -0.2) is 35.2 Å². The molecule has 1 saturated carbocycles. The van der Waals surface area contributed by atoms with Crippen LogP contribution in [0.4, 0.5) is 5.69 Å². The number of carboxylic acid groups (broad SMARTS) is 1. The molecular formula is C26H27N3O3. The highest BCUT2D eigenvalue weighted by molar-refractivity contribution is 5.88. The molecule has 5 rings (SSSR count). The molecule has 6 nitrogen and oxygen atoms in total. The van der Waals surface area contributed by atoms with Gasteiger partial charge in [-0.15, -0.1) is 0 Å². The number of pyridine rings is 1. The lowest BCUT2D eigenvalue weighted by Gasteiger charge is -2.23. The van der Waals surface area contributed by atoms with E-state index in [1.54, 1.807) is 0 Å². The minimum absolute atomic E-state index is 0.214. The molecule has 2 fully saturated rings. The summed E-state index contributed by atoms with van der Waals surface area (Å²) in [4.78, 5) is 28.6. The zero-order valence-corrected chi connectivity index (χ0v) is 18.0. The number of hydrogen-bond donors (Lipinski definition) is 3. The molecule has 2 aliphatic rings. The van der Waals surface area contributed by atoms with Crippen molar-refractivity contribution in [2.45, 2.75) is 25.9 Å². The first-order chi connectivity index (χ1) is 15.5. The van der Waals surface area contributed by atoms with Gasteiger partial charge in [-0.3, -0.25) is 4.79 Å². The predicted molar refractivity (Wildman–Crippen MR) is 125 cm³/mol. The molecule has 2 heterocycles. The SMILES string of the molecule is CCc1cc(C(=O)O)c(=O)[nH]c1-c1ccc(N2C[C@@H]3[C@H](C2)[C@H]3NCc2ccccc2)cc1. The highest BCUT2D eigenvalue weighted by Crippen LogP contribution is 2.47. The molecule has 3 atom stereocenters. The largest absolute Gasteiger partial charge is 0.477 e. The monoisotopic (exact) mass is 429 g/mol. The van der Waals surface area contributed by atoms with Gasteiger partial charge in [0.15, 0.2) is 0 Å². The van der Waals surface area contributed by atoms with Crippen LogP contribution >= 0.6 is 0 Å². The lowest BCUT2D eigenvalue weighted by Crippen LogP contribution is -2.31. The van der Waals surface area contributed by atoms with Crippen LogP contribution in [0.25, 0.3) is 11.3 Å². The number of anilines is 1. The number of rotatable bonds is 7. The van der Waals surface area contributed by atoms with Gasteiger partial charge in [-0.1, -0.05) is 49.4 Å². The van der Waals surface area contributed by atoms with E-state index >= 15 is 0 Å².